The van der Waals surface area contributed by atoms with Crippen LogP contribution in [0.1, 0.15) is 66.2 Å². The van der Waals surface area contributed by atoms with E-state index in [1.807, 2.05) is 41.3 Å². The zero-order chi connectivity index (χ0) is 42.0. The number of amides is 3. The summed E-state index contributed by atoms with van der Waals surface area (Å²) in [6.07, 6.45) is 4.41. The van der Waals surface area contributed by atoms with Gasteiger partial charge in [-0.15, -0.1) is 0 Å². The van der Waals surface area contributed by atoms with E-state index in [1.165, 1.54) is 11.1 Å². The maximum absolute atomic E-state index is 13.0. The number of aliphatic hydroxyl groups is 1. The predicted molar refractivity (Wildman–Crippen MR) is 226 cm³/mol. The number of ether oxygens (including phenoxy) is 5. The van der Waals surface area contributed by atoms with Crippen LogP contribution in [-0.4, -0.2) is 130 Å². The lowest BCUT2D eigenvalue weighted by molar-refractivity contribution is 0.0513. The van der Waals surface area contributed by atoms with E-state index >= 15 is 0 Å². The largest absolute Gasteiger partial charge is 0.497 e. The normalized spacial score (nSPS) is 18.7. The SMILES string of the molecule is COc1ccc2c(c1)CCCN(CC(O)CN1CCc3ccccc3C1)C2=O.COc1ccc2c(c1)CCCN(CC1CO1)C2=O.COc1ccc2c(c1)OCCNC2=O. The summed E-state index contributed by atoms with van der Waals surface area (Å²) in [6, 6.07) is 25.0. The molecule has 2 N–H and O–H groups in total. The lowest BCUT2D eigenvalue weighted by Crippen LogP contribution is -2.44. The Balaban J connectivity index is 0.000000146. The van der Waals surface area contributed by atoms with Crippen molar-refractivity contribution in [1.82, 2.24) is 20.0 Å². The van der Waals surface area contributed by atoms with E-state index in [-0.39, 0.29) is 23.8 Å². The first kappa shape index (κ1) is 42.5. The van der Waals surface area contributed by atoms with Gasteiger partial charge in [0.1, 0.15) is 29.6 Å². The molecule has 318 valence electrons. The average Bonchev–Trinajstić information content (AvgIpc) is 4.15. The number of benzene rings is 4. The number of carbonyl (C=O) groups excluding carboxylic acids is 3. The van der Waals surface area contributed by atoms with Crippen LogP contribution in [0.4, 0.5) is 0 Å². The molecule has 2 unspecified atom stereocenters. The standard InChI is InChI=1S/C23H28N2O3.C14H17NO3.C10H11NO3/c1-28-21-8-9-22-18(13-21)7-4-11-25(23(22)27)16-20(26)15-24-12-10-17-5-2-3-6-19(17)14-24;1-17-11-4-5-13-10(7-11)3-2-6-15(14(13)16)8-12-9-18-12;1-13-7-2-3-8-9(6-7)14-5-4-11-10(8)12/h2-3,5-6,8-9,13,20,26H,4,7,10-12,14-16H2,1H3;4-5,7,12H,2-3,6,8-9H2,1H3;2-3,6H,4-5H2,1H3,(H,11,12). The van der Waals surface area contributed by atoms with Gasteiger partial charge in [-0.3, -0.25) is 19.3 Å². The molecule has 0 bridgehead atoms. The molecule has 1 fully saturated rings. The lowest BCUT2D eigenvalue weighted by atomic mass is 10.00. The minimum absolute atomic E-state index is 0.0122. The van der Waals surface area contributed by atoms with Crippen molar-refractivity contribution in [3.8, 4) is 23.0 Å². The first-order valence-corrected chi connectivity index (χ1v) is 20.8. The highest BCUT2D eigenvalue weighted by Crippen LogP contribution is 2.28. The Labute approximate surface area is 352 Å². The molecule has 0 saturated carbocycles. The minimum atomic E-state index is -0.547. The van der Waals surface area contributed by atoms with Crippen molar-refractivity contribution in [3.05, 3.63) is 118 Å². The molecule has 0 spiro atoms. The number of aryl methyl sites for hydroxylation is 2. The highest BCUT2D eigenvalue weighted by Gasteiger charge is 2.31. The maximum atomic E-state index is 13.0. The highest BCUT2D eigenvalue weighted by molar-refractivity contribution is 5.98. The fraction of sp³-hybridized carbons (Fsp3) is 0.426. The molecule has 5 aliphatic heterocycles. The number of β-amino-alcohol motifs (C(OH)–C–C–N with tert-alkyl or cyclic N) is 1. The molecule has 0 aromatic heterocycles. The van der Waals surface area contributed by atoms with Crippen molar-refractivity contribution in [2.45, 2.75) is 50.9 Å². The summed E-state index contributed by atoms with van der Waals surface area (Å²) in [5, 5.41) is 13.4. The molecule has 1 saturated heterocycles. The quantitative estimate of drug-likeness (QED) is 0.226. The molecule has 5 aliphatic rings. The van der Waals surface area contributed by atoms with Gasteiger partial charge in [-0.2, -0.15) is 0 Å². The first-order chi connectivity index (χ1) is 29.2. The van der Waals surface area contributed by atoms with Crippen LogP contribution in [0, 0.1) is 0 Å². The van der Waals surface area contributed by atoms with Crippen LogP contribution in [0.5, 0.6) is 23.0 Å². The van der Waals surface area contributed by atoms with E-state index in [4.69, 9.17) is 23.7 Å². The summed E-state index contributed by atoms with van der Waals surface area (Å²) < 4.78 is 26.2. The van der Waals surface area contributed by atoms with Crippen molar-refractivity contribution in [3.63, 3.8) is 0 Å². The summed E-state index contributed by atoms with van der Waals surface area (Å²) in [5.74, 6) is 2.92. The number of nitrogens with zero attached hydrogens (tertiary/aromatic N) is 3. The van der Waals surface area contributed by atoms with Crippen LogP contribution < -0.4 is 24.3 Å². The van der Waals surface area contributed by atoms with Crippen LogP contribution in [0.2, 0.25) is 0 Å². The molecule has 4 aromatic rings. The van der Waals surface area contributed by atoms with Crippen LogP contribution in [0.15, 0.2) is 78.9 Å². The smallest absolute Gasteiger partial charge is 0.255 e. The van der Waals surface area contributed by atoms with Crippen molar-refractivity contribution in [1.29, 1.82) is 0 Å². The number of fused-ring (bicyclic) bond motifs is 4. The summed E-state index contributed by atoms with van der Waals surface area (Å²) in [7, 11) is 4.87. The number of nitrogens with one attached hydrogen (secondary N) is 1. The van der Waals surface area contributed by atoms with E-state index in [0.29, 0.717) is 49.8 Å². The third-order valence-corrected chi connectivity index (χ3v) is 11.4. The van der Waals surface area contributed by atoms with E-state index in [1.54, 1.807) is 44.4 Å². The molecular weight excluding hydrogens is 765 g/mol. The van der Waals surface area contributed by atoms with E-state index < -0.39 is 6.10 Å². The van der Waals surface area contributed by atoms with Gasteiger partial charge in [-0.05, 0) is 103 Å². The van der Waals surface area contributed by atoms with Gasteiger partial charge in [0.25, 0.3) is 17.7 Å². The second-order valence-corrected chi connectivity index (χ2v) is 15.6. The van der Waals surface area contributed by atoms with Gasteiger partial charge in [-0.25, -0.2) is 0 Å². The van der Waals surface area contributed by atoms with Gasteiger partial charge in [0.05, 0.1) is 52.3 Å². The third-order valence-electron chi connectivity index (χ3n) is 11.4. The molecule has 0 aliphatic carbocycles. The fourth-order valence-corrected chi connectivity index (χ4v) is 8.13. The second kappa shape index (κ2) is 20.1. The summed E-state index contributed by atoms with van der Waals surface area (Å²) in [6.45, 7) is 6.82. The number of rotatable bonds is 9. The third kappa shape index (κ3) is 10.8. The molecule has 5 heterocycles. The van der Waals surface area contributed by atoms with Gasteiger partial charge in [0.15, 0.2) is 0 Å². The Morgan fingerprint density at radius 2 is 1.28 bits per heavy atom. The predicted octanol–water partition coefficient (Wildman–Crippen LogP) is 4.80. The molecular formula is C47H56N4O9. The van der Waals surface area contributed by atoms with E-state index in [0.717, 1.165) is 98.6 Å². The number of methoxy groups -OCH3 is 3. The Kier molecular flexibility index (Phi) is 14.2. The van der Waals surface area contributed by atoms with E-state index in [9.17, 15) is 19.5 Å². The molecule has 0 radical (unpaired) electrons. The van der Waals surface area contributed by atoms with Crippen LogP contribution in [-0.2, 0) is 30.5 Å². The van der Waals surface area contributed by atoms with E-state index in [2.05, 4.69) is 34.5 Å². The Bertz CT molecular complexity index is 2140. The number of aliphatic hydroxyl groups excluding tert-OH is 1. The molecule has 4 aromatic carbocycles. The lowest BCUT2D eigenvalue weighted by Gasteiger charge is -2.32. The van der Waals surface area contributed by atoms with Crippen molar-refractivity contribution in [2.75, 3.05) is 80.4 Å². The number of epoxide rings is 1. The molecule has 13 nitrogen and oxygen atoms in total. The Morgan fingerprint density at radius 3 is 1.92 bits per heavy atom. The highest BCUT2D eigenvalue weighted by atomic mass is 16.6. The van der Waals surface area contributed by atoms with Crippen LogP contribution in [0.3, 0.4) is 0 Å². The number of hydrogen-bond acceptors (Lipinski definition) is 10. The van der Waals surface area contributed by atoms with Gasteiger partial charge in [-0.1, -0.05) is 24.3 Å². The van der Waals surface area contributed by atoms with Crippen LogP contribution in [0.25, 0.3) is 0 Å². The summed E-state index contributed by atoms with van der Waals surface area (Å²) in [5.41, 5.74) is 6.99. The zero-order valence-corrected chi connectivity index (χ0v) is 34.8. The molecule has 2 atom stereocenters. The van der Waals surface area contributed by atoms with Gasteiger partial charge in [0.2, 0.25) is 0 Å². The maximum Gasteiger partial charge on any atom is 0.255 e. The number of carbonyl (C=O) groups is 3. The second-order valence-electron chi connectivity index (χ2n) is 15.6. The van der Waals surface area contributed by atoms with Crippen molar-refractivity contribution >= 4 is 17.7 Å². The van der Waals surface area contributed by atoms with Crippen molar-refractivity contribution < 1.29 is 43.2 Å². The van der Waals surface area contributed by atoms with Gasteiger partial charge >= 0.3 is 0 Å². The minimum Gasteiger partial charge on any atom is -0.497 e. The fourth-order valence-electron chi connectivity index (χ4n) is 8.13. The molecule has 9 rings (SSSR count). The van der Waals surface area contributed by atoms with Crippen LogP contribution >= 0.6 is 0 Å². The summed E-state index contributed by atoms with van der Waals surface area (Å²) in [4.78, 5) is 42.9. The van der Waals surface area contributed by atoms with Gasteiger partial charge in [0, 0.05) is 63.0 Å². The molecule has 60 heavy (non-hydrogen) atoms. The molecule has 13 heteroatoms. The topological polar surface area (TPSA) is 143 Å². The Morgan fingerprint density at radius 1 is 0.700 bits per heavy atom. The summed E-state index contributed by atoms with van der Waals surface area (Å²) >= 11 is 0. The Hall–Kier alpha value is -5.63. The average molecular weight is 821 g/mol. The first-order valence-electron chi connectivity index (χ1n) is 20.8. The van der Waals surface area contributed by atoms with Crippen molar-refractivity contribution in [2.24, 2.45) is 0 Å². The van der Waals surface area contributed by atoms with Gasteiger partial charge < -0.3 is 43.9 Å². The molecule has 3 amide bonds. The number of hydrogen-bond donors (Lipinski definition) is 2. The zero-order valence-electron chi connectivity index (χ0n) is 34.8. The monoisotopic (exact) mass is 820 g/mol.